The van der Waals surface area contributed by atoms with Crippen LogP contribution in [0.15, 0.2) is 36.5 Å². The molecule has 0 aliphatic heterocycles. The number of anilines is 1. The second-order valence-electron chi connectivity index (χ2n) is 2.92. The van der Waals surface area contributed by atoms with E-state index in [1.807, 2.05) is 12.1 Å². The Balaban J connectivity index is 2.44. The van der Waals surface area contributed by atoms with E-state index in [9.17, 15) is 0 Å². The number of nitrogens with zero attached hydrogens (tertiary/aromatic N) is 2. The van der Waals surface area contributed by atoms with Gasteiger partial charge in [-0.3, -0.25) is 0 Å². The molecule has 15 heavy (non-hydrogen) atoms. The summed E-state index contributed by atoms with van der Waals surface area (Å²) in [6.07, 6.45) is 1.64. The molecule has 0 spiro atoms. The number of benzene rings is 1. The summed E-state index contributed by atoms with van der Waals surface area (Å²) in [5.74, 6) is 6.42. The van der Waals surface area contributed by atoms with Crippen molar-refractivity contribution in [3.8, 4) is 11.4 Å². The van der Waals surface area contributed by atoms with Gasteiger partial charge in [0.1, 0.15) is 5.82 Å². The molecular weight excluding hydrogens is 212 g/mol. The predicted molar refractivity (Wildman–Crippen MR) is 60.3 cm³/mol. The van der Waals surface area contributed by atoms with E-state index >= 15 is 0 Å². The van der Waals surface area contributed by atoms with E-state index in [0.29, 0.717) is 16.7 Å². The number of nitrogen functional groups attached to an aromatic ring is 1. The molecule has 0 radical (unpaired) electrons. The van der Waals surface area contributed by atoms with E-state index in [-0.39, 0.29) is 0 Å². The summed E-state index contributed by atoms with van der Waals surface area (Å²) in [7, 11) is 0. The van der Waals surface area contributed by atoms with Gasteiger partial charge < -0.3 is 5.43 Å². The van der Waals surface area contributed by atoms with Crippen LogP contribution < -0.4 is 11.3 Å². The maximum absolute atomic E-state index is 5.87. The van der Waals surface area contributed by atoms with Gasteiger partial charge in [-0.15, -0.1) is 0 Å². The van der Waals surface area contributed by atoms with Crippen LogP contribution in [0.5, 0.6) is 0 Å². The number of halogens is 1. The lowest BCUT2D eigenvalue weighted by molar-refractivity contribution is 1.15. The summed E-state index contributed by atoms with van der Waals surface area (Å²) in [5, 5.41) is 0.655. The smallest absolute Gasteiger partial charge is 0.161 e. The fraction of sp³-hybridized carbons (Fsp3) is 0. The monoisotopic (exact) mass is 220 g/mol. The summed E-state index contributed by atoms with van der Waals surface area (Å²) in [4.78, 5) is 8.33. The molecule has 0 unspecified atom stereocenters. The van der Waals surface area contributed by atoms with Crippen LogP contribution in [0.25, 0.3) is 11.4 Å². The van der Waals surface area contributed by atoms with Gasteiger partial charge in [0.05, 0.1) is 0 Å². The number of rotatable bonds is 2. The minimum absolute atomic E-state index is 0.569. The van der Waals surface area contributed by atoms with Crippen molar-refractivity contribution in [3.05, 3.63) is 41.6 Å². The van der Waals surface area contributed by atoms with Crippen LogP contribution in [-0.2, 0) is 0 Å². The van der Waals surface area contributed by atoms with Gasteiger partial charge in [-0.2, -0.15) is 0 Å². The minimum Gasteiger partial charge on any atom is -0.308 e. The number of nitrogens with two attached hydrogens (primary N) is 1. The highest BCUT2D eigenvalue weighted by Crippen LogP contribution is 2.19. The van der Waals surface area contributed by atoms with E-state index in [2.05, 4.69) is 15.4 Å². The van der Waals surface area contributed by atoms with Crippen LogP contribution >= 0.6 is 11.6 Å². The lowest BCUT2D eigenvalue weighted by Crippen LogP contribution is -2.09. The third-order valence-electron chi connectivity index (χ3n) is 1.89. The fourth-order valence-electron chi connectivity index (χ4n) is 1.21. The Hall–Kier alpha value is -1.65. The lowest BCUT2D eigenvalue weighted by Gasteiger charge is -2.02. The molecule has 0 aliphatic carbocycles. The summed E-state index contributed by atoms with van der Waals surface area (Å²) >= 11 is 5.87. The van der Waals surface area contributed by atoms with Crippen LogP contribution in [-0.4, -0.2) is 9.97 Å². The number of nitrogens with one attached hydrogen (secondary N) is 1. The van der Waals surface area contributed by atoms with Crippen molar-refractivity contribution in [1.29, 1.82) is 0 Å². The second kappa shape index (κ2) is 4.25. The first kappa shape index (κ1) is 9.89. The molecule has 1 heterocycles. The molecule has 0 amide bonds. The van der Waals surface area contributed by atoms with Crippen LogP contribution in [0.1, 0.15) is 0 Å². The SMILES string of the molecule is NNc1ccnc(-c2cccc(Cl)c2)n1. The van der Waals surface area contributed by atoms with Gasteiger partial charge in [-0.25, -0.2) is 15.8 Å². The zero-order valence-corrected chi connectivity index (χ0v) is 8.57. The number of aromatic nitrogens is 2. The summed E-state index contributed by atoms with van der Waals surface area (Å²) in [6.45, 7) is 0. The van der Waals surface area contributed by atoms with Crippen molar-refractivity contribution in [2.75, 3.05) is 5.43 Å². The fourth-order valence-corrected chi connectivity index (χ4v) is 1.40. The molecule has 0 fully saturated rings. The first-order valence-electron chi connectivity index (χ1n) is 4.35. The van der Waals surface area contributed by atoms with Crippen LogP contribution in [0.2, 0.25) is 5.02 Å². The highest BCUT2D eigenvalue weighted by molar-refractivity contribution is 6.30. The molecule has 0 atom stereocenters. The molecule has 3 N–H and O–H groups in total. The largest absolute Gasteiger partial charge is 0.308 e. The van der Waals surface area contributed by atoms with E-state index in [4.69, 9.17) is 17.4 Å². The Kier molecular flexibility index (Phi) is 2.80. The molecule has 0 saturated heterocycles. The highest BCUT2D eigenvalue weighted by atomic mass is 35.5. The number of hydrogen-bond donors (Lipinski definition) is 2. The quantitative estimate of drug-likeness (QED) is 0.601. The zero-order valence-electron chi connectivity index (χ0n) is 7.81. The Morgan fingerprint density at radius 3 is 2.87 bits per heavy atom. The Bertz CT molecular complexity index is 472. The van der Waals surface area contributed by atoms with Gasteiger partial charge in [0.15, 0.2) is 5.82 Å². The van der Waals surface area contributed by atoms with Crippen LogP contribution in [0, 0.1) is 0 Å². The van der Waals surface area contributed by atoms with Gasteiger partial charge in [0, 0.05) is 22.8 Å². The second-order valence-corrected chi connectivity index (χ2v) is 3.36. The zero-order chi connectivity index (χ0) is 10.7. The minimum atomic E-state index is 0.569. The third kappa shape index (κ3) is 2.23. The van der Waals surface area contributed by atoms with E-state index in [0.717, 1.165) is 5.56 Å². The Morgan fingerprint density at radius 2 is 2.13 bits per heavy atom. The van der Waals surface area contributed by atoms with Gasteiger partial charge in [-0.05, 0) is 12.1 Å². The molecule has 5 heteroatoms. The van der Waals surface area contributed by atoms with E-state index < -0.39 is 0 Å². The van der Waals surface area contributed by atoms with Crippen molar-refractivity contribution in [3.63, 3.8) is 0 Å². The molecule has 1 aromatic heterocycles. The average Bonchev–Trinajstić information content (AvgIpc) is 2.29. The predicted octanol–water partition coefficient (Wildman–Crippen LogP) is 2.08. The van der Waals surface area contributed by atoms with Gasteiger partial charge in [-0.1, -0.05) is 23.7 Å². The summed E-state index contributed by atoms with van der Waals surface area (Å²) < 4.78 is 0. The van der Waals surface area contributed by atoms with Gasteiger partial charge in [0.25, 0.3) is 0 Å². The van der Waals surface area contributed by atoms with Crippen LogP contribution in [0.3, 0.4) is 0 Å². The van der Waals surface area contributed by atoms with E-state index in [1.165, 1.54) is 0 Å². The Labute approximate surface area is 92.1 Å². The molecule has 0 saturated carbocycles. The molecule has 2 aromatic rings. The molecular formula is C10H9ClN4. The van der Waals surface area contributed by atoms with Crippen molar-refractivity contribution in [1.82, 2.24) is 9.97 Å². The average molecular weight is 221 g/mol. The number of hydrazine groups is 1. The summed E-state index contributed by atoms with van der Waals surface area (Å²) in [5.41, 5.74) is 3.33. The molecule has 1 aromatic carbocycles. The van der Waals surface area contributed by atoms with Gasteiger partial charge in [0.2, 0.25) is 0 Å². The van der Waals surface area contributed by atoms with Crippen molar-refractivity contribution >= 4 is 17.4 Å². The maximum Gasteiger partial charge on any atom is 0.161 e. The van der Waals surface area contributed by atoms with Crippen molar-refractivity contribution in [2.45, 2.75) is 0 Å². The molecule has 0 aliphatic rings. The topological polar surface area (TPSA) is 63.8 Å². The van der Waals surface area contributed by atoms with Crippen LogP contribution in [0.4, 0.5) is 5.82 Å². The van der Waals surface area contributed by atoms with Crippen molar-refractivity contribution < 1.29 is 0 Å². The third-order valence-corrected chi connectivity index (χ3v) is 2.12. The molecule has 0 bridgehead atoms. The molecule has 4 nitrogen and oxygen atoms in total. The first-order valence-corrected chi connectivity index (χ1v) is 4.73. The molecule has 2 rings (SSSR count). The highest BCUT2D eigenvalue weighted by Gasteiger charge is 2.02. The standard InChI is InChI=1S/C10H9ClN4/c11-8-3-1-2-7(6-8)10-13-5-4-9(14-10)15-12/h1-6H,12H2,(H,13,14,15). The normalized spacial score (nSPS) is 10.0. The van der Waals surface area contributed by atoms with E-state index in [1.54, 1.807) is 24.4 Å². The first-order chi connectivity index (χ1) is 7.29. The molecule has 76 valence electrons. The maximum atomic E-state index is 5.87. The Morgan fingerprint density at radius 1 is 1.27 bits per heavy atom. The number of hydrogen-bond acceptors (Lipinski definition) is 4. The lowest BCUT2D eigenvalue weighted by atomic mass is 10.2. The van der Waals surface area contributed by atoms with Gasteiger partial charge >= 0.3 is 0 Å². The summed E-state index contributed by atoms with van der Waals surface area (Å²) in [6, 6.07) is 9.03. The van der Waals surface area contributed by atoms with Crippen molar-refractivity contribution in [2.24, 2.45) is 5.84 Å².